The highest BCUT2D eigenvalue weighted by Crippen LogP contribution is 2.50. The Morgan fingerprint density at radius 1 is 1.12 bits per heavy atom. The van der Waals surface area contributed by atoms with Crippen LogP contribution in [0.5, 0.6) is 0 Å². The number of carbonyl (C=O) groups is 1. The van der Waals surface area contributed by atoms with Gasteiger partial charge in [-0.25, -0.2) is 0 Å². The molecule has 0 aliphatic heterocycles. The number of thiophene rings is 3. The van der Waals surface area contributed by atoms with Gasteiger partial charge in [-0.2, -0.15) is 0 Å². The summed E-state index contributed by atoms with van der Waals surface area (Å²) in [5.74, 6) is 0.124. The van der Waals surface area contributed by atoms with Crippen molar-refractivity contribution in [3.63, 3.8) is 0 Å². The fourth-order valence-electron chi connectivity index (χ4n) is 2.82. The molecule has 3 nitrogen and oxygen atoms in total. The molecule has 3 aromatic heterocycles. The second kappa shape index (κ2) is 6.44. The van der Waals surface area contributed by atoms with E-state index in [1.807, 2.05) is 41.1 Å². The van der Waals surface area contributed by atoms with E-state index in [0.29, 0.717) is 6.54 Å². The van der Waals surface area contributed by atoms with Crippen LogP contribution in [-0.2, 0) is 16.8 Å². The maximum atomic E-state index is 12.6. The van der Waals surface area contributed by atoms with E-state index in [1.165, 1.54) is 4.88 Å². The van der Waals surface area contributed by atoms with Crippen molar-refractivity contribution in [2.45, 2.75) is 30.9 Å². The predicted molar refractivity (Wildman–Crippen MR) is 99.8 cm³/mol. The highest BCUT2D eigenvalue weighted by molar-refractivity contribution is 7.13. The first-order valence-electron chi connectivity index (χ1n) is 7.81. The molecular weight excluding hydrogens is 358 g/mol. The van der Waals surface area contributed by atoms with E-state index in [2.05, 4.69) is 11.4 Å². The average Bonchev–Trinajstić information content (AvgIpc) is 3.08. The average molecular weight is 376 g/mol. The topological polar surface area (TPSA) is 49.3 Å². The van der Waals surface area contributed by atoms with Crippen molar-refractivity contribution in [3.8, 4) is 0 Å². The summed E-state index contributed by atoms with van der Waals surface area (Å²) in [5, 5.41) is 17.4. The van der Waals surface area contributed by atoms with Crippen LogP contribution in [0.2, 0.25) is 0 Å². The second-order valence-electron chi connectivity index (χ2n) is 5.96. The number of carbonyl (C=O) groups excluding carboxylic acids is 1. The van der Waals surface area contributed by atoms with Crippen LogP contribution in [0.4, 0.5) is 0 Å². The first-order chi connectivity index (χ1) is 11.7. The molecule has 1 aliphatic carbocycles. The molecule has 6 heteroatoms. The molecule has 1 unspecified atom stereocenters. The third-order valence-electron chi connectivity index (χ3n) is 4.37. The summed E-state index contributed by atoms with van der Waals surface area (Å²) in [7, 11) is 0. The van der Waals surface area contributed by atoms with Gasteiger partial charge in [0.25, 0.3) is 0 Å². The predicted octanol–water partition coefficient (Wildman–Crippen LogP) is 4.30. The van der Waals surface area contributed by atoms with Gasteiger partial charge in [-0.05, 0) is 47.9 Å². The molecule has 3 heterocycles. The van der Waals surface area contributed by atoms with E-state index >= 15 is 0 Å². The quantitative estimate of drug-likeness (QED) is 0.675. The monoisotopic (exact) mass is 375 g/mol. The van der Waals surface area contributed by atoms with E-state index in [0.717, 1.165) is 27.5 Å². The first-order valence-corrected chi connectivity index (χ1v) is 10.4. The molecule has 1 amide bonds. The van der Waals surface area contributed by atoms with Crippen molar-refractivity contribution < 1.29 is 9.90 Å². The molecule has 124 valence electrons. The fourth-order valence-corrected chi connectivity index (χ4v) is 5.56. The number of aliphatic hydroxyl groups excluding tert-OH is 1. The summed E-state index contributed by atoms with van der Waals surface area (Å²) in [4.78, 5) is 16.7. The molecule has 3 aromatic rings. The zero-order chi connectivity index (χ0) is 16.6. The van der Waals surface area contributed by atoms with Gasteiger partial charge in [0.2, 0.25) is 5.91 Å². The highest BCUT2D eigenvalue weighted by Gasteiger charge is 2.51. The number of nitrogens with one attached hydrogen (secondary N) is 1. The Hall–Kier alpha value is -1.47. The van der Waals surface area contributed by atoms with Crippen molar-refractivity contribution in [3.05, 3.63) is 66.7 Å². The third-order valence-corrected chi connectivity index (χ3v) is 7.50. The van der Waals surface area contributed by atoms with Gasteiger partial charge in [0.1, 0.15) is 6.10 Å². The van der Waals surface area contributed by atoms with Crippen molar-refractivity contribution in [1.82, 2.24) is 5.32 Å². The van der Waals surface area contributed by atoms with Gasteiger partial charge in [-0.1, -0.05) is 12.1 Å². The Kier molecular flexibility index (Phi) is 4.30. The van der Waals surface area contributed by atoms with E-state index in [4.69, 9.17) is 0 Å². The molecule has 0 radical (unpaired) electrons. The minimum Gasteiger partial charge on any atom is -0.382 e. The summed E-state index contributed by atoms with van der Waals surface area (Å²) in [6.45, 7) is 0.522. The molecule has 24 heavy (non-hydrogen) atoms. The van der Waals surface area contributed by atoms with Crippen LogP contribution in [0.25, 0.3) is 0 Å². The van der Waals surface area contributed by atoms with Crippen LogP contribution < -0.4 is 5.32 Å². The number of amides is 1. The van der Waals surface area contributed by atoms with Gasteiger partial charge in [-0.3, -0.25) is 4.79 Å². The maximum Gasteiger partial charge on any atom is 0.231 e. The molecule has 1 aliphatic rings. The summed E-state index contributed by atoms with van der Waals surface area (Å²) < 4.78 is 0. The molecule has 1 atom stereocenters. The van der Waals surface area contributed by atoms with Gasteiger partial charge in [0, 0.05) is 19.5 Å². The number of aliphatic hydroxyl groups is 1. The zero-order valence-electron chi connectivity index (χ0n) is 12.9. The summed E-state index contributed by atoms with van der Waals surface area (Å²) in [6, 6.07) is 11.9. The SMILES string of the molecule is O=C(NCc1ccc(C(O)c2cccs2)s1)C1(c2cccs2)CC1. The van der Waals surface area contributed by atoms with Crippen LogP contribution in [0.3, 0.4) is 0 Å². The molecule has 2 N–H and O–H groups in total. The Morgan fingerprint density at radius 3 is 2.58 bits per heavy atom. The maximum absolute atomic E-state index is 12.6. The molecule has 0 spiro atoms. The number of hydrogen-bond donors (Lipinski definition) is 2. The lowest BCUT2D eigenvalue weighted by Gasteiger charge is -2.13. The molecule has 4 rings (SSSR count). The van der Waals surface area contributed by atoms with Crippen LogP contribution in [0.15, 0.2) is 47.2 Å². The minimum atomic E-state index is -0.569. The van der Waals surface area contributed by atoms with Crippen molar-refractivity contribution >= 4 is 39.9 Å². The van der Waals surface area contributed by atoms with Crippen LogP contribution >= 0.6 is 34.0 Å². The fraction of sp³-hybridized carbons (Fsp3) is 0.278. The standard InChI is InChI=1S/C18H17NO2S3/c20-16(13-3-1-9-22-13)14-6-5-12(24-14)11-19-17(21)18(7-8-18)15-4-2-10-23-15/h1-6,9-10,16,20H,7-8,11H2,(H,19,21). The summed E-state index contributed by atoms with van der Waals surface area (Å²) in [5.41, 5.74) is -0.287. The highest BCUT2D eigenvalue weighted by atomic mass is 32.1. The van der Waals surface area contributed by atoms with Crippen LogP contribution in [0, 0.1) is 0 Å². The lowest BCUT2D eigenvalue weighted by atomic mass is 10.0. The minimum absolute atomic E-state index is 0.124. The Balaban J connectivity index is 1.39. The smallest absolute Gasteiger partial charge is 0.231 e. The molecule has 1 fully saturated rings. The van der Waals surface area contributed by atoms with Gasteiger partial charge in [0.15, 0.2) is 0 Å². The lowest BCUT2D eigenvalue weighted by molar-refractivity contribution is -0.123. The van der Waals surface area contributed by atoms with Gasteiger partial charge >= 0.3 is 0 Å². The van der Waals surface area contributed by atoms with Crippen LogP contribution in [-0.4, -0.2) is 11.0 Å². The van der Waals surface area contributed by atoms with Crippen molar-refractivity contribution in [2.24, 2.45) is 0 Å². The van der Waals surface area contributed by atoms with Gasteiger partial charge < -0.3 is 10.4 Å². The Morgan fingerprint density at radius 2 is 1.92 bits per heavy atom. The van der Waals surface area contributed by atoms with Crippen LogP contribution in [0.1, 0.15) is 38.5 Å². The molecule has 0 bridgehead atoms. The molecule has 0 aromatic carbocycles. The van der Waals surface area contributed by atoms with Gasteiger partial charge in [0.05, 0.1) is 12.0 Å². The molecular formula is C18H17NO2S3. The second-order valence-corrected chi connectivity index (χ2v) is 9.09. The largest absolute Gasteiger partial charge is 0.382 e. The van der Waals surface area contributed by atoms with E-state index < -0.39 is 6.10 Å². The number of hydrogen-bond acceptors (Lipinski definition) is 5. The summed E-state index contributed by atoms with van der Waals surface area (Å²) >= 11 is 4.76. The van der Waals surface area contributed by atoms with Crippen molar-refractivity contribution in [1.29, 1.82) is 0 Å². The van der Waals surface area contributed by atoms with Gasteiger partial charge in [-0.15, -0.1) is 34.0 Å². The molecule has 0 saturated heterocycles. The Bertz CT molecular complexity index is 816. The van der Waals surface area contributed by atoms with E-state index in [9.17, 15) is 9.90 Å². The van der Waals surface area contributed by atoms with E-state index in [-0.39, 0.29) is 11.3 Å². The van der Waals surface area contributed by atoms with E-state index in [1.54, 1.807) is 34.0 Å². The third kappa shape index (κ3) is 2.95. The lowest BCUT2D eigenvalue weighted by Crippen LogP contribution is -2.33. The first kappa shape index (κ1) is 16.0. The zero-order valence-corrected chi connectivity index (χ0v) is 15.3. The van der Waals surface area contributed by atoms with Crippen molar-refractivity contribution in [2.75, 3.05) is 0 Å². The normalized spacial score (nSPS) is 16.7. The summed E-state index contributed by atoms with van der Waals surface area (Å²) in [6.07, 6.45) is 1.30. The Labute approximate surface area is 152 Å². The number of rotatable bonds is 6. The molecule has 1 saturated carbocycles.